The lowest BCUT2D eigenvalue weighted by molar-refractivity contribution is -0.125. The molecule has 1 aromatic rings. The summed E-state index contributed by atoms with van der Waals surface area (Å²) in [6.45, 7) is 5.67. The van der Waals surface area contributed by atoms with E-state index >= 15 is 0 Å². The predicted molar refractivity (Wildman–Crippen MR) is 66.7 cm³/mol. The Hall–Kier alpha value is -1.39. The van der Waals surface area contributed by atoms with Crippen LogP contribution in [-0.4, -0.2) is 23.2 Å². The maximum atomic E-state index is 11.6. The van der Waals surface area contributed by atoms with Crippen LogP contribution in [0.2, 0.25) is 0 Å². The Balaban J connectivity index is 2.50. The van der Waals surface area contributed by atoms with Gasteiger partial charge in [0.05, 0.1) is 12.2 Å². The van der Waals surface area contributed by atoms with Gasteiger partial charge in [0, 0.05) is 5.69 Å². The topological polar surface area (TPSA) is 58.6 Å². The van der Waals surface area contributed by atoms with Crippen LogP contribution in [0.15, 0.2) is 24.3 Å². The quantitative estimate of drug-likeness (QED) is 0.841. The van der Waals surface area contributed by atoms with E-state index in [1.807, 2.05) is 20.8 Å². The van der Waals surface area contributed by atoms with Crippen molar-refractivity contribution in [2.75, 3.05) is 11.9 Å². The van der Waals surface area contributed by atoms with Gasteiger partial charge in [-0.3, -0.25) is 4.79 Å². The summed E-state index contributed by atoms with van der Waals surface area (Å²) >= 11 is 0. The summed E-state index contributed by atoms with van der Waals surface area (Å²) < 4.78 is 5.36. The first-order valence-corrected chi connectivity index (χ1v) is 5.54. The molecule has 0 heterocycles. The monoisotopic (exact) mass is 237 g/mol. The Morgan fingerprint density at radius 2 is 2.12 bits per heavy atom. The van der Waals surface area contributed by atoms with E-state index in [-0.39, 0.29) is 24.7 Å². The molecule has 1 aromatic carbocycles. The zero-order valence-electron chi connectivity index (χ0n) is 10.5. The molecular weight excluding hydrogens is 218 g/mol. The molecule has 1 rings (SSSR count). The third-order valence-electron chi connectivity index (χ3n) is 2.03. The number of carbonyl (C=O) groups excluding carboxylic acids is 1. The molecule has 0 aliphatic carbocycles. The number of ether oxygens (including phenoxy) is 1. The van der Waals surface area contributed by atoms with Crippen molar-refractivity contribution in [3.63, 3.8) is 0 Å². The first-order valence-electron chi connectivity index (χ1n) is 5.54. The van der Waals surface area contributed by atoms with Gasteiger partial charge in [-0.1, -0.05) is 12.1 Å². The molecule has 0 spiro atoms. The van der Waals surface area contributed by atoms with E-state index in [4.69, 9.17) is 9.84 Å². The minimum absolute atomic E-state index is 0.0207. The second-order valence-corrected chi connectivity index (χ2v) is 4.81. The number of carbonyl (C=O) groups is 1. The summed E-state index contributed by atoms with van der Waals surface area (Å²) in [6, 6.07) is 7.08. The van der Waals surface area contributed by atoms with Gasteiger partial charge >= 0.3 is 0 Å². The minimum atomic E-state index is -0.329. The second kappa shape index (κ2) is 5.80. The molecule has 0 aliphatic heterocycles. The summed E-state index contributed by atoms with van der Waals surface area (Å²) in [5.74, 6) is -0.199. The average Bonchev–Trinajstić information content (AvgIpc) is 2.26. The molecule has 0 bridgehead atoms. The van der Waals surface area contributed by atoms with Gasteiger partial charge in [0.2, 0.25) is 5.91 Å². The minimum Gasteiger partial charge on any atom is -0.392 e. The Morgan fingerprint density at radius 3 is 2.71 bits per heavy atom. The predicted octanol–water partition coefficient (Wildman–Crippen LogP) is 1.93. The molecule has 0 aliphatic rings. The third-order valence-corrected chi connectivity index (χ3v) is 2.03. The van der Waals surface area contributed by atoms with Gasteiger partial charge in [0.25, 0.3) is 0 Å². The van der Waals surface area contributed by atoms with Crippen LogP contribution in [0.5, 0.6) is 0 Å². The number of nitrogens with one attached hydrogen (secondary N) is 1. The van der Waals surface area contributed by atoms with Crippen molar-refractivity contribution in [3.05, 3.63) is 29.8 Å². The number of anilines is 1. The fourth-order valence-electron chi connectivity index (χ4n) is 1.23. The lowest BCUT2D eigenvalue weighted by Crippen LogP contribution is -2.27. The molecular formula is C13H19NO3. The SMILES string of the molecule is CC(C)(C)OCC(=O)Nc1cccc(CO)c1. The van der Waals surface area contributed by atoms with Crippen LogP contribution in [-0.2, 0) is 16.1 Å². The fraction of sp³-hybridized carbons (Fsp3) is 0.462. The second-order valence-electron chi connectivity index (χ2n) is 4.81. The molecule has 4 nitrogen and oxygen atoms in total. The summed E-state index contributed by atoms with van der Waals surface area (Å²) in [6.07, 6.45) is 0. The molecule has 0 fully saturated rings. The number of amides is 1. The van der Waals surface area contributed by atoms with Crippen LogP contribution in [0, 0.1) is 0 Å². The van der Waals surface area contributed by atoms with E-state index in [9.17, 15) is 4.79 Å². The van der Waals surface area contributed by atoms with Gasteiger partial charge in [0.1, 0.15) is 6.61 Å². The lowest BCUT2D eigenvalue weighted by Gasteiger charge is -2.19. The maximum absolute atomic E-state index is 11.6. The van der Waals surface area contributed by atoms with Gasteiger partial charge in [-0.2, -0.15) is 0 Å². The van der Waals surface area contributed by atoms with E-state index in [2.05, 4.69) is 5.32 Å². The Kier molecular flexibility index (Phi) is 4.66. The number of benzene rings is 1. The Bertz CT molecular complexity index is 382. The first kappa shape index (κ1) is 13.7. The van der Waals surface area contributed by atoms with Gasteiger partial charge in [-0.05, 0) is 38.5 Å². The van der Waals surface area contributed by atoms with Gasteiger partial charge in [-0.25, -0.2) is 0 Å². The van der Waals surface area contributed by atoms with Crippen molar-refractivity contribution in [2.24, 2.45) is 0 Å². The summed E-state index contributed by atoms with van der Waals surface area (Å²) in [5.41, 5.74) is 1.10. The number of hydrogen-bond donors (Lipinski definition) is 2. The van der Waals surface area contributed by atoms with Crippen LogP contribution in [0.3, 0.4) is 0 Å². The van der Waals surface area contributed by atoms with Crippen molar-refractivity contribution in [3.8, 4) is 0 Å². The van der Waals surface area contributed by atoms with Crippen LogP contribution < -0.4 is 5.32 Å². The number of hydrogen-bond acceptors (Lipinski definition) is 3. The molecule has 4 heteroatoms. The van der Waals surface area contributed by atoms with Crippen molar-refractivity contribution < 1.29 is 14.6 Å². The fourth-order valence-corrected chi connectivity index (χ4v) is 1.23. The van der Waals surface area contributed by atoms with Crippen LogP contribution in [0.1, 0.15) is 26.3 Å². The highest BCUT2D eigenvalue weighted by Crippen LogP contribution is 2.11. The largest absolute Gasteiger partial charge is 0.392 e. The van der Waals surface area contributed by atoms with Crippen LogP contribution >= 0.6 is 0 Å². The first-order chi connectivity index (χ1) is 7.90. The molecule has 0 aromatic heterocycles. The van der Waals surface area contributed by atoms with E-state index in [0.29, 0.717) is 5.69 Å². The molecule has 2 N–H and O–H groups in total. The molecule has 0 atom stereocenters. The van der Waals surface area contributed by atoms with E-state index in [1.165, 1.54) is 0 Å². The van der Waals surface area contributed by atoms with Gasteiger partial charge in [0.15, 0.2) is 0 Å². The smallest absolute Gasteiger partial charge is 0.250 e. The highest BCUT2D eigenvalue weighted by molar-refractivity contribution is 5.91. The van der Waals surface area contributed by atoms with Crippen LogP contribution in [0.4, 0.5) is 5.69 Å². The van der Waals surface area contributed by atoms with Gasteiger partial charge < -0.3 is 15.2 Å². The molecule has 0 unspecified atom stereocenters. The number of rotatable bonds is 4. The Labute approximate surface area is 102 Å². The average molecular weight is 237 g/mol. The molecule has 0 radical (unpaired) electrons. The number of aliphatic hydroxyl groups is 1. The normalized spacial score (nSPS) is 11.3. The van der Waals surface area contributed by atoms with Gasteiger partial charge in [-0.15, -0.1) is 0 Å². The van der Waals surface area contributed by atoms with Crippen molar-refractivity contribution >= 4 is 11.6 Å². The summed E-state index contributed by atoms with van der Waals surface area (Å²) in [7, 11) is 0. The van der Waals surface area contributed by atoms with E-state index < -0.39 is 0 Å². The highest BCUT2D eigenvalue weighted by atomic mass is 16.5. The zero-order chi connectivity index (χ0) is 12.9. The maximum Gasteiger partial charge on any atom is 0.250 e. The molecule has 0 saturated carbocycles. The van der Waals surface area contributed by atoms with Crippen molar-refractivity contribution in [1.29, 1.82) is 0 Å². The summed E-state index contributed by atoms with van der Waals surface area (Å²) in [4.78, 5) is 11.6. The molecule has 1 amide bonds. The molecule has 17 heavy (non-hydrogen) atoms. The molecule has 94 valence electrons. The number of aliphatic hydroxyl groups excluding tert-OH is 1. The van der Waals surface area contributed by atoms with Crippen molar-refractivity contribution in [1.82, 2.24) is 0 Å². The van der Waals surface area contributed by atoms with Crippen molar-refractivity contribution in [2.45, 2.75) is 33.0 Å². The standard InChI is InChI=1S/C13H19NO3/c1-13(2,3)17-9-12(16)14-11-6-4-5-10(7-11)8-15/h4-7,15H,8-9H2,1-3H3,(H,14,16). The van der Waals surface area contributed by atoms with E-state index in [1.54, 1.807) is 24.3 Å². The van der Waals surface area contributed by atoms with E-state index in [0.717, 1.165) is 5.56 Å². The van der Waals surface area contributed by atoms with Crippen LogP contribution in [0.25, 0.3) is 0 Å². The lowest BCUT2D eigenvalue weighted by atomic mass is 10.2. The Morgan fingerprint density at radius 1 is 1.41 bits per heavy atom. The molecule has 0 saturated heterocycles. The zero-order valence-corrected chi connectivity index (χ0v) is 10.5. The summed E-state index contributed by atoms with van der Waals surface area (Å²) in [5, 5.41) is 11.7. The highest BCUT2D eigenvalue weighted by Gasteiger charge is 2.12. The third kappa shape index (κ3) is 5.47.